The summed E-state index contributed by atoms with van der Waals surface area (Å²) < 4.78 is 6.40. The van der Waals surface area contributed by atoms with Crippen molar-refractivity contribution < 1.29 is 4.42 Å². The van der Waals surface area contributed by atoms with Gasteiger partial charge >= 0.3 is 0 Å². The van der Waals surface area contributed by atoms with E-state index in [0.717, 1.165) is 60.5 Å². The zero-order valence-corrected chi connectivity index (χ0v) is 24.5. The number of para-hydroxylation sites is 1. The van der Waals surface area contributed by atoms with Crippen molar-refractivity contribution in [2.75, 3.05) is 0 Å². The van der Waals surface area contributed by atoms with E-state index in [0.29, 0.717) is 18.2 Å². The molecular weight excluding hydrogens is 550 g/mol. The second-order valence-corrected chi connectivity index (χ2v) is 11.2. The highest BCUT2D eigenvalue weighted by Crippen LogP contribution is 2.36. The van der Waals surface area contributed by atoms with E-state index in [1.165, 1.54) is 10.8 Å². The SMILES string of the molecule is NC(=NC(=NCc1ccccc1)c1ccc2ccccc2c1)c1cc(-c2ccc3ccccc3c2)cc2oc3ccccc3c12. The van der Waals surface area contributed by atoms with Crippen molar-refractivity contribution in [2.24, 2.45) is 15.7 Å². The summed E-state index contributed by atoms with van der Waals surface area (Å²) in [5, 5.41) is 6.60. The molecular formula is C41H29N3O. The van der Waals surface area contributed by atoms with Gasteiger partial charge in [0.25, 0.3) is 0 Å². The Hall–Kier alpha value is -6.00. The number of nitrogens with two attached hydrogens (primary N) is 1. The maximum Gasteiger partial charge on any atom is 0.157 e. The van der Waals surface area contributed by atoms with E-state index in [-0.39, 0.29) is 0 Å². The van der Waals surface area contributed by atoms with Gasteiger partial charge in [0.1, 0.15) is 17.0 Å². The largest absolute Gasteiger partial charge is 0.456 e. The fourth-order valence-corrected chi connectivity index (χ4v) is 6.04. The Labute approximate surface area is 260 Å². The lowest BCUT2D eigenvalue weighted by Crippen LogP contribution is -2.17. The fraction of sp³-hybridized carbons (Fsp3) is 0.0244. The molecule has 0 fully saturated rings. The molecule has 0 saturated heterocycles. The summed E-state index contributed by atoms with van der Waals surface area (Å²) in [5.41, 5.74) is 13.5. The normalized spacial score (nSPS) is 12.4. The van der Waals surface area contributed by atoms with Crippen LogP contribution in [-0.2, 0) is 6.54 Å². The molecule has 1 heterocycles. The van der Waals surface area contributed by atoms with Crippen molar-refractivity contribution in [3.63, 3.8) is 0 Å². The number of hydrogen-bond donors (Lipinski definition) is 1. The Balaban J connectivity index is 1.32. The van der Waals surface area contributed by atoms with Crippen LogP contribution in [0, 0.1) is 0 Å². The first-order valence-electron chi connectivity index (χ1n) is 15.1. The van der Waals surface area contributed by atoms with E-state index in [4.69, 9.17) is 20.1 Å². The monoisotopic (exact) mass is 579 g/mol. The van der Waals surface area contributed by atoms with E-state index in [1.54, 1.807) is 0 Å². The summed E-state index contributed by atoms with van der Waals surface area (Å²) in [7, 11) is 0. The summed E-state index contributed by atoms with van der Waals surface area (Å²) in [5.74, 6) is 0.966. The molecule has 8 rings (SSSR count). The number of hydrogen-bond acceptors (Lipinski definition) is 2. The van der Waals surface area contributed by atoms with E-state index in [9.17, 15) is 0 Å². The molecule has 0 aliphatic rings. The number of rotatable bonds is 5. The van der Waals surface area contributed by atoms with Crippen LogP contribution in [0.1, 0.15) is 16.7 Å². The minimum atomic E-state index is 0.383. The molecule has 0 unspecified atom stereocenters. The number of amidine groups is 2. The first-order valence-corrected chi connectivity index (χ1v) is 15.1. The first-order chi connectivity index (χ1) is 22.2. The van der Waals surface area contributed by atoms with Gasteiger partial charge in [-0.2, -0.15) is 0 Å². The Morgan fingerprint density at radius 3 is 2.02 bits per heavy atom. The van der Waals surface area contributed by atoms with Crippen molar-refractivity contribution in [1.82, 2.24) is 0 Å². The molecule has 0 aliphatic heterocycles. The predicted molar refractivity (Wildman–Crippen MR) is 188 cm³/mol. The number of furan rings is 1. The van der Waals surface area contributed by atoms with Crippen LogP contribution in [0.4, 0.5) is 0 Å². The molecule has 1 aromatic heterocycles. The maximum atomic E-state index is 7.00. The lowest BCUT2D eigenvalue weighted by molar-refractivity contribution is 0.669. The van der Waals surface area contributed by atoms with Crippen LogP contribution < -0.4 is 5.73 Å². The van der Waals surface area contributed by atoms with Gasteiger partial charge in [-0.15, -0.1) is 0 Å². The molecule has 0 amide bonds. The van der Waals surface area contributed by atoms with Crippen LogP contribution in [0.3, 0.4) is 0 Å². The van der Waals surface area contributed by atoms with Crippen molar-refractivity contribution in [2.45, 2.75) is 6.54 Å². The standard InChI is InChI=1S/C41H29N3O/c42-40(44-41(43-26-27-10-2-1-3-11-27)33-21-19-29-13-5-7-15-31(29)23-33)36-24-34(32-20-18-28-12-4-6-14-30(28)22-32)25-38-39(36)35-16-8-9-17-37(35)45-38/h1-25H,26H2,(H2,42,43,44). The van der Waals surface area contributed by atoms with Crippen molar-refractivity contribution >= 4 is 55.2 Å². The highest BCUT2D eigenvalue weighted by atomic mass is 16.3. The van der Waals surface area contributed by atoms with Crippen LogP contribution in [-0.4, -0.2) is 11.7 Å². The molecule has 0 spiro atoms. The number of fused-ring (bicyclic) bond motifs is 5. The van der Waals surface area contributed by atoms with E-state index < -0.39 is 0 Å². The van der Waals surface area contributed by atoms with Gasteiger partial charge in [-0.25, -0.2) is 4.99 Å². The highest BCUT2D eigenvalue weighted by molar-refractivity contribution is 6.21. The van der Waals surface area contributed by atoms with Crippen LogP contribution in [0.5, 0.6) is 0 Å². The van der Waals surface area contributed by atoms with Crippen LogP contribution in [0.15, 0.2) is 166 Å². The molecule has 7 aromatic carbocycles. The zero-order chi connectivity index (χ0) is 30.2. The highest BCUT2D eigenvalue weighted by Gasteiger charge is 2.17. The lowest BCUT2D eigenvalue weighted by atomic mass is 9.96. The van der Waals surface area contributed by atoms with Gasteiger partial charge in [-0.1, -0.05) is 121 Å². The van der Waals surface area contributed by atoms with Crippen LogP contribution in [0.2, 0.25) is 0 Å². The number of benzene rings is 7. The van der Waals surface area contributed by atoms with Gasteiger partial charge in [0.15, 0.2) is 5.84 Å². The molecule has 0 bridgehead atoms. The van der Waals surface area contributed by atoms with Gasteiger partial charge in [0, 0.05) is 21.9 Å². The molecule has 214 valence electrons. The van der Waals surface area contributed by atoms with E-state index >= 15 is 0 Å². The van der Waals surface area contributed by atoms with E-state index in [2.05, 4.69) is 103 Å². The lowest BCUT2D eigenvalue weighted by Gasteiger charge is -2.11. The second kappa shape index (κ2) is 11.3. The molecule has 4 heteroatoms. The maximum absolute atomic E-state index is 7.00. The quantitative estimate of drug-likeness (QED) is 0.163. The first kappa shape index (κ1) is 26.6. The Bertz CT molecular complexity index is 2420. The molecule has 0 saturated carbocycles. The molecule has 4 nitrogen and oxygen atoms in total. The molecule has 0 atom stereocenters. The summed E-state index contributed by atoms with van der Waals surface area (Å²) >= 11 is 0. The minimum Gasteiger partial charge on any atom is -0.456 e. The van der Waals surface area contributed by atoms with Crippen molar-refractivity contribution in [3.8, 4) is 11.1 Å². The molecule has 45 heavy (non-hydrogen) atoms. The van der Waals surface area contributed by atoms with Gasteiger partial charge in [-0.3, -0.25) is 4.99 Å². The minimum absolute atomic E-state index is 0.383. The number of nitrogens with zero attached hydrogens (tertiary/aromatic N) is 2. The molecule has 0 radical (unpaired) electrons. The smallest absolute Gasteiger partial charge is 0.157 e. The van der Waals surface area contributed by atoms with Gasteiger partial charge in [0.2, 0.25) is 0 Å². The van der Waals surface area contributed by atoms with Gasteiger partial charge < -0.3 is 10.2 Å². The van der Waals surface area contributed by atoms with Crippen LogP contribution >= 0.6 is 0 Å². The average molecular weight is 580 g/mol. The molecule has 0 aliphatic carbocycles. The van der Waals surface area contributed by atoms with Gasteiger partial charge in [-0.05, 0) is 68.6 Å². The second-order valence-electron chi connectivity index (χ2n) is 11.2. The Kier molecular flexibility index (Phi) is 6.65. The molecule has 2 N–H and O–H groups in total. The summed E-state index contributed by atoms with van der Waals surface area (Å²) in [4.78, 5) is 10.1. The molecule has 8 aromatic rings. The fourth-order valence-electron chi connectivity index (χ4n) is 6.04. The number of aliphatic imine (C=N–C) groups is 2. The van der Waals surface area contributed by atoms with Crippen molar-refractivity contribution in [1.29, 1.82) is 0 Å². The third-order valence-electron chi connectivity index (χ3n) is 8.33. The third kappa shape index (κ3) is 5.13. The van der Waals surface area contributed by atoms with Crippen molar-refractivity contribution in [3.05, 3.63) is 168 Å². The Morgan fingerprint density at radius 1 is 0.556 bits per heavy atom. The summed E-state index contributed by atoms with van der Waals surface area (Å²) in [6.07, 6.45) is 0. The average Bonchev–Trinajstić information content (AvgIpc) is 3.48. The Morgan fingerprint density at radius 2 is 1.22 bits per heavy atom. The van der Waals surface area contributed by atoms with E-state index in [1.807, 2.05) is 48.5 Å². The zero-order valence-electron chi connectivity index (χ0n) is 24.5. The van der Waals surface area contributed by atoms with Gasteiger partial charge in [0.05, 0.1) is 6.54 Å². The summed E-state index contributed by atoms with van der Waals surface area (Å²) in [6.45, 7) is 0.487. The van der Waals surface area contributed by atoms with Crippen LogP contribution in [0.25, 0.3) is 54.6 Å². The summed E-state index contributed by atoms with van der Waals surface area (Å²) in [6, 6.07) is 52.0. The predicted octanol–water partition coefficient (Wildman–Crippen LogP) is 9.91. The topological polar surface area (TPSA) is 63.9 Å². The third-order valence-corrected chi connectivity index (χ3v) is 8.33.